The van der Waals surface area contributed by atoms with Gasteiger partial charge in [0, 0.05) is 19.6 Å². The van der Waals surface area contributed by atoms with Crippen LogP contribution in [0.1, 0.15) is 27.8 Å². The van der Waals surface area contributed by atoms with Gasteiger partial charge in [-0.3, -0.25) is 4.90 Å². The molecule has 33 heavy (non-hydrogen) atoms. The van der Waals surface area contributed by atoms with Crippen LogP contribution < -0.4 is 0 Å². The molecule has 0 saturated heterocycles. The Morgan fingerprint density at radius 2 is 1.36 bits per heavy atom. The lowest BCUT2D eigenvalue weighted by Crippen LogP contribution is -2.17. The molecule has 4 aromatic rings. The van der Waals surface area contributed by atoms with Gasteiger partial charge < -0.3 is 4.90 Å². The minimum Gasteiger partial charge on any atom is -0.305 e. The summed E-state index contributed by atoms with van der Waals surface area (Å²) < 4.78 is 0. The van der Waals surface area contributed by atoms with E-state index in [9.17, 15) is 0 Å². The molecule has 0 saturated carbocycles. The van der Waals surface area contributed by atoms with Crippen molar-refractivity contribution in [2.75, 3.05) is 21.1 Å². The molecule has 0 amide bonds. The van der Waals surface area contributed by atoms with E-state index < -0.39 is 0 Å². The van der Waals surface area contributed by atoms with Gasteiger partial charge in [-0.1, -0.05) is 84.9 Å². The summed E-state index contributed by atoms with van der Waals surface area (Å²) in [6, 6.07) is 33.3. The monoisotopic (exact) mass is 432 g/mol. The molecule has 0 radical (unpaired) electrons. The van der Waals surface area contributed by atoms with Crippen molar-refractivity contribution in [2.24, 2.45) is 0 Å². The highest BCUT2D eigenvalue weighted by Gasteiger charge is 2.22. The molecule has 0 aromatic heterocycles. The van der Waals surface area contributed by atoms with Crippen molar-refractivity contribution in [1.82, 2.24) is 9.80 Å². The van der Waals surface area contributed by atoms with Crippen LogP contribution in [0.25, 0.3) is 22.3 Å². The zero-order valence-corrected chi connectivity index (χ0v) is 19.9. The van der Waals surface area contributed by atoms with E-state index in [0.717, 1.165) is 26.1 Å². The molecule has 1 aliphatic rings. The lowest BCUT2D eigenvalue weighted by atomic mass is 9.97. The van der Waals surface area contributed by atoms with Crippen molar-refractivity contribution in [3.05, 3.63) is 119 Å². The Morgan fingerprint density at radius 1 is 0.606 bits per heavy atom. The molecule has 0 fully saturated rings. The summed E-state index contributed by atoms with van der Waals surface area (Å²) in [5.41, 5.74) is 12.6. The average molecular weight is 433 g/mol. The van der Waals surface area contributed by atoms with E-state index in [2.05, 4.69) is 122 Å². The molecule has 4 aromatic carbocycles. The largest absolute Gasteiger partial charge is 0.305 e. The fourth-order valence-electron chi connectivity index (χ4n) is 5.15. The summed E-state index contributed by atoms with van der Waals surface area (Å²) >= 11 is 0. The zero-order chi connectivity index (χ0) is 22.8. The van der Waals surface area contributed by atoms with Crippen LogP contribution in [0.2, 0.25) is 0 Å². The van der Waals surface area contributed by atoms with Crippen LogP contribution in [-0.2, 0) is 26.1 Å². The zero-order valence-electron chi connectivity index (χ0n) is 19.9. The quantitative estimate of drug-likeness (QED) is 0.285. The van der Waals surface area contributed by atoms with Crippen molar-refractivity contribution < 1.29 is 0 Å². The van der Waals surface area contributed by atoms with Crippen molar-refractivity contribution in [3.8, 4) is 22.3 Å². The number of hydrogen-bond donors (Lipinski definition) is 0. The molecule has 0 spiro atoms. The van der Waals surface area contributed by atoms with Gasteiger partial charge >= 0.3 is 0 Å². The Balaban J connectivity index is 1.38. The summed E-state index contributed by atoms with van der Waals surface area (Å²) in [5, 5.41) is 0. The lowest BCUT2D eigenvalue weighted by Gasteiger charge is -2.20. The first-order valence-electron chi connectivity index (χ1n) is 11.8. The molecule has 166 valence electrons. The van der Waals surface area contributed by atoms with E-state index in [1.165, 1.54) is 50.1 Å². The number of fused-ring (bicyclic) bond motifs is 3. The van der Waals surface area contributed by atoms with Crippen molar-refractivity contribution in [3.63, 3.8) is 0 Å². The van der Waals surface area contributed by atoms with Crippen molar-refractivity contribution in [1.29, 1.82) is 0 Å². The maximum absolute atomic E-state index is 2.43. The molecule has 0 aliphatic heterocycles. The fourth-order valence-corrected chi connectivity index (χ4v) is 5.15. The minimum absolute atomic E-state index is 0.921. The average Bonchev–Trinajstić information content (AvgIpc) is 3.18. The Morgan fingerprint density at radius 3 is 2.18 bits per heavy atom. The molecule has 0 unspecified atom stereocenters. The van der Waals surface area contributed by atoms with Crippen LogP contribution in [0, 0.1) is 0 Å². The minimum atomic E-state index is 0.921. The van der Waals surface area contributed by atoms with Crippen LogP contribution in [0.5, 0.6) is 0 Å². The van der Waals surface area contributed by atoms with Gasteiger partial charge in [-0.15, -0.1) is 0 Å². The van der Waals surface area contributed by atoms with E-state index in [1.807, 2.05) is 0 Å². The summed E-state index contributed by atoms with van der Waals surface area (Å²) in [7, 11) is 6.52. The number of nitrogens with zero attached hydrogens (tertiary/aromatic N) is 2. The molecule has 5 rings (SSSR count). The van der Waals surface area contributed by atoms with Gasteiger partial charge in [0.1, 0.15) is 0 Å². The first-order chi connectivity index (χ1) is 16.1. The van der Waals surface area contributed by atoms with E-state index in [1.54, 1.807) is 0 Å². The van der Waals surface area contributed by atoms with Gasteiger partial charge in [0.15, 0.2) is 0 Å². The summed E-state index contributed by atoms with van der Waals surface area (Å²) in [5.74, 6) is 0. The molecule has 0 N–H and O–H groups in total. The van der Waals surface area contributed by atoms with Gasteiger partial charge in [0.25, 0.3) is 0 Å². The van der Waals surface area contributed by atoms with E-state index >= 15 is 0 Å². The van der Waals surface area contributed by atoms with Gasteiger partial charge in [-0.2, -0.15) is 0 Å². The maximum atomic E-state index is 2.43. The second kappa shape index (κ2) is 9.35. The van der Waals surface area contributed by atoms with Gasteiger partial charge in [0.05, 0.1) is 0 Å². The Hall–Kier alpha value is -3.20. The number of benzene rings is 4. The van der Waals surface area contributed by atoms with Crippen LogP contribution in [-0.4, -0.2) is 30.9 Å². The molecular weight excluding hydrogens is 400 g/mol. The van der Waals surface area contributed by atoms with E-state index in [4.69, 9.17) is 0 Å². The predicted molar refractivity (Wildman–Crippen MR) is 139 cm³/mol. The third-order valence-corrected chi connectivity index (χ3v) is 6.54. The Bertz CT molecular complexity index is 1260. The molecule has 2 heteroatoms. The predicted octanol–water partition coefficient (Wildman–Crippen LogP) is 6.62. The highest BCUT2D eigenvalue weighted by molar-refractivity contribution is 5.80. The fraction of sp³-hybridized carbons (Fsp3) is 0.226. The molecule has 0 heterocycles. The Kier molecular flexibility index (Phi) is 6.13. The van der Waals surface area contributed by atoms with Crippen LogP contribution in [0.15, 0.2) is 91.0 Å². The number of rotatable bonds is 7. The van der Waals surface area contributed by atoms with Crippen LogP contribution in [0.3, 0.4) is 0 Å². The molecule has 0 bridgehead atoms. The van der Waals surface area contributed by atoms with Crippen molar-refractivity contribution >= 4 is 0 Å². The third-order valence-electron chi connectivity index (χ3n) is 6.54. The summed E-state index contributed by atoms with van der Waals surface area (Å²) in [6.45, 7) is 2.83. The Labute approximate surface area is 198 Å². The molecule has 0 atom stereocenters. The van der Waals surface area contributed by atoms with Gasteiger partial charge in [0.2, 0.25) is 0 Å². The van der Waals surface area contributed by atoms with E-state index in [-0.39, 0.29) is 0 Å². The third kappa shape index (κ3) is 4.64. The van der Waals surface area contributed by atoms with Gasteiger partial charge in [-0.05, 0) is 83.7 Å². The van der Waals surface area contributed by atoms with Crippen LogP contribution >= 0.6 is 0 Å². The highest BCUT2D eigenvalue weighted by Crippen LogP contribution is 2.40. The first-order valence-corrected chi connectivity index (χ1v) is 11.8. The normalized spacial score (nSPS) is 12.3. The van der Waals surface area contributed by atoms with Crippen molar-refractivity contribution in [2.45, 2.75) is 26.1 Å². The topological polar surface area (TPSA) is 6.48 Å². The van der Waals surface area contributed by atoms with Crippen LogP contribution in [0.4, 0.5) is 0 Å². The second-order valence-corrected chi connectivity index (χ2v) is 9.55. The SMILES string of the molecule is CN(C)Cc1cccc2c1-c1cc(CN(C)Cc3ccccc3-c3ccccc3)ccc1C2. The first kappa shape index (κ1) is 21.6. The molecule has 2 nitrogen and oxygen atoms in total. The molecule has 1 aliphatic carbocycles. The lowest BCUT2D eigenvalue weighted by molar-refractivity contribution is 0.319. The molecular formula is C31H32N2. The van der Waals surface area contributed by atoms with E-state index in [0.29, 0.717) is 0 Å². The summed E-state index contributed by atoms with van der Waals surface area (Å²) in [4.78, 5) is 4.68. The smallest absolute Gasteiger partial charge is 0.0240 e. The standard InChI is InChI=1S/C31H32N2/c1-32(2)21-28-14-9-13-26-19-25-17-16-23(18-30(25)31(26)28)20-33(3)22-27-12-7-8-15-29(27)24-10-5-4-6-11-24/h4-18H,19-22H2,1-3H3. The number of hydrogen-bond acceptors (Lipinski definition) is 2. The second-order valence-electron chi connectivity index (χ2n) is 9.55. The maximum Gasteiger partial charge on any atom is 0.0240 e. The van der Waals surface area contributed by atoms with Gasteiger partial charge in [-0.25, -0.2) is 0 Å². The summed E-state index contributed by atoms with van der Waals surface area (Å²) in [6.07, 6.45) is 1.05. The highest BCUT2D eigenvalue weighted by atomic mass is 15.1.